The second-order valence-corrected chi connectivity index (χ2v) is 3.08. The van der Waals surface area contributed by atoms with Crippen LogP contribution in [0.4, 0.5) is 0 Å². The maximum Gasteiger partial charge on any atom is 0.307 e. The van der Waals surface area contributed by atoms with Crippen LogP contribution < -0.4 is 0 Å². The molecule has 0 heterocycles. The highest BCUT2D eigenvalue weighted by atomic mass is 35.5. The van der Waals surface area contributed by atoms with Gasteiger partial charge in [0, 0.05) is 6.42 Å². The molecule has 0 saturated carbocycles. The summed E-state index contributed by atoms with van der Waals surface area (Å²) in [7, 11) is 1.33. The normalized spacial score (nSPS) is 10.0. The van der Waals surface area contributed by atoms with Gasteiger partial charge in [0.2, 0.25) is 5.24 Å². The minimum Gasteiger partial charge on any atom is -0.469 e. The molecule has 0 rings (SSSR count). The van der Waals surface area contributed by atoms with Crippen LogP contribution >= 0.6 is 11.6 Å². The molecule has 0 aromatic heterocycles. The van der Waals surface area contributed by atoms with Crippen molar-refractivity contribution in [3.05, 3.63) is 0 Å². The first kappa shape index (κ1) is 14.3. The maximum atomic E-state index is 10.6. The summed E-state index contributed by atoms with van der Waals surface area (Å²) in [5.74, 6) is -0.302. The van der Waals surface area contributed by atoms with Gasteiger partial charge in [0.05, 0.1) is 40.0 Å². The molecule has 0 aromatic rings. The van der Waals surface area contributed by atoms with Gasteiger partial charge in [0.25, 0.3) is 0 Å². The minimum atomic E-state index is -0.415. The summed E-state index contributed by atoms with van der Waals surface area (Å²) >= 11 is 5.09. The Kier molecular flexibility index (Phi) is 9.46. The lowest BCUT2D eigenvalue weighted by Gasteiger charge is -2.04. The number of methoxy groups -OCH3 is 1. The Morgan fingerprint density at radius 1 is 1.00 bits per heavy atom. The standard InChI is InChI=1S/C9H15ClO5/c1-13-9(12)3-5-15-7-6-14-4-2-8(10)11/h2-7H2,1H3. The summed E-state index contributed by atoms with van der Waals surface area (Å²) in [6, 6.07) is 0. The molecule has 5 nitrogen and oxygen atoms in total. The average molecular weight is 239 g/mol. The number of esters is 1. The van der Waals surface area contributed by atoms with Crippen LogP contribution in [0.3, 0.4) is 0 Å². The van der Waals surface area contributed by atoms with Gasteiger partial charge in [0.1, 0.15) is 0 Å². The number of hydrogen-bond acceptors (Lipinski definition) is 5. The van der Waals surface area contributed by atoms with E-state index in [0.29, 0.717) is 26.4 Å². The van der Waals surface area contributed by atoms with Gasteiger partial charge in [-0.25, -0.2) is 0 Å². The summed E-state index contributed by atoms with van der Waals surface area (Å²) in [6.07, 6.45) is 0.431. The van der Waals surface area contributed by atoms with Crippen LogP contribution in [-0.4, -0.2) is 44.7 Å². The zero-order chi connectivity index (χ0) is 11.5. The van der Waals surface area contributed by atoms with E-state index in [1.54, 1.807) is 0 Å². The first-order valence-electron chi connectivity index (χ1n) is 4.57. The zero-order valence-electron chi connectivity index (χ0n) is 8.66. The number of carbonyl (C=O) groups is 2. The van der Waals surface area contributed by atoms with Crippen LogP contribution in [-0.2, 0) is 23.8 Å². The van der Waals surface area contributed by atoms with E-state index in [1.807, 2.05) is 0 Å². The van der Waals surface area contributed by atoms with E-state index in [0.717, 1.165) is 0 Å². The van der Waals surface area contributed by atoms with Crippen molar-refractivity contribution in [1.82, 2.24) is 0 Å². The molecule has 0 radical (unpaired) electrons. The van der Waals surface area contributed by atoms with E-state index < -0.39 is 5.24 Å². The fraction of sp³-hybridized carbons (Fsp3) is 0.778. The highest BCUT2D eigenvalue weighted by Gasteiger charge is 1.99. The van der Waals surface area contributed by atoms with E-state index in [2.05, 4.69) is 4.74 Å². The summed E-state index contributed by atoms with van der Waals surface area (Å²) in [5, 5.41) is -0.415. The van der Waals surface area contributed by atoms with Gasteiger partial charge < -0.3 is 14.2 Å². The van der Waals surface area contributed by atoms with Crippen LogP contribution in [0.25, 0.3) is 0 Å². The van der Waals surface area contributed by atoms with Crippen molar-refractivity contribution in [2.45, 2.75) is 12.8 Å². The van der Waals surface area contributed by atoms with E-state index in [9.17, 15) is 9.59 Å². The Morgan fingerprint density at radius 3 is 2.00 bits per heavy atom. The Morgan fingerprint density at radius 2 is 1.53 bits per heavy atom. The van der Waals surface area contributed by atoms with Crippen LogP contribution in [0, 0.1) is 0 Å². The third kappa shape index (κ3) is 11.3. The monoisotopic (exact) mass is 238 g/mol. The van der Waals surface area contributed by atoms with E-state index >= 15 is 0 Å². The summed E-state index contributed by atoms with van der Waals surface area (Å²) < 4.78 is 14.5. The molecule has 15 heavy (non-hydrogen) atoms. The molecule has 0 aliphatic carbocycles. The van der Waals surface area contributed by atoms with Gasteiger partial charge in [0.15, 0.2) is 0 Å². The van der Waals surface area contributed by atoms with E-state index in [1.165, 1.54) is 7.11 Å². The summed E-state index contributed by atoms with van der Waals surface area (Å²) in [5.41, 5.74) is 0. The molecular formula is C9H15ClO5. The minimum absolute atomic E-state index is 0.198. The fourth-order valence-electron chi connectivity index (χ4n) is 0.732. The molecule has 0 atom stereocenters. The SMILES string of the molecule is COC(=O)CCOCCOCCC(=O)Cl. The number of halogens is 1. The molecule has 88 valence electrons. The first-order valence-corrected chi connectivity index (χ1v) is 4.95. The third-order valence-electron chi connectivity index (χ3n) is 1.49. The molecular weight excluding hydrogens is 224 g/mol. The van der Waals surface area contributed by atoms with Gasteiger partial charge in [-0.15, -0.1) is 0 Å². The zero-order valence-corrected chi connectivity index (χ0v) is 9.42. The predicted octanol–water partition coefficient (Wildman–Crippen LogP) is 0.738. The number of carbonyl (C=O) groups excluding carboxylic acids is 2. The Hall–Kier alpha value is -0.650. The molecule has 0 bridgehead atoms. The molecule has 0 aromatic carbocycles. The van der Waals surface area contributed by atoms with Crippen molar-refractivity contribution in [3.8, 4) is 0 Å². The molecule has 6 heteroatoms. The Balaban J connectivity index is 3.05. The first-order chi connectivity index (χ1) is 7.16. The molecule has 0 unspecified atom stereocenters. The van der Waals surface area contributed by atoms with Gasteiger partial charge >= 0.3 is 5.97 Å². The second-order valence-electron chi connectivity index (χ2n) is 2.66. The van der Waals surface area contributed by atoms with Gasteiger partial charge in [-0.3, -0.25) is 9.59 Å². The topological polar surface area (TPSA) is 61.8 Å². The third-order valence-corrected chi connectivity index (χ3v) is 1.68. The lowest BCUT2D eigenvalue weighted by Crippen LogP contribution is -2.10. The summed E-state index contributed by atoms with van der Waals surface area (Å²) in [6.45, 7) is 1.37. The fourth-order valence-corrected chi connectivity index (χ4v) is 0.809. The van der Waals surface area contributed by atoms with Crippen molar-refractivity contribution < 1.29 is 23.8 Å². The van der Waals surface area contributed by atoms with Gasteiger partial charge in [-0.05, 0) is 11.6 Å². The second kappa shape index (κ2) is 9.89. The number of hydrogen-bond donors (Lipinski definition) is 0. The molecule has 0 aliphatic heterocycles. The van der Waals surface area contributed by atoms with Crippen molar-refractivity contribution in [2.24, 2.45) is 0 Å². The van der Waals surface area contributed by atoms with E-state index in [4.69, 9.17) is 21.1 Å². The molecule has 0 N–H and O–H groups in total. The van der Waals surface area contributed by atoms with Crippen molar-refractivity contribution in [2.75, 3.05) is 33.5 Å². The highest BCUT2D eigenvalue weighted by Crippen LogP contribution is 1.90. The van der Waals surface area contributed by atoms with Gasteiger partial charge in [-0.1, -0.05) is 0 Å². The Bertz CT molecular complexity index is 195. The highest BCUT2D eigenvalue weighted by molar-refractivity contribution is 6.63. The number of ether oxygens (including phenoxy) is 3. The molecule has 0 spiro atoms. The van der Waals surface area contributed by atoms with Crippen molar-refractivity contribution >= 4 is 22.8 Å². The smallest absolute Gasteiger partial charge is 0.307 e. The van der Waals surface area contributed by atoms with E-state index in [-0.39, 0.29) is 18.8 Å². The maximum absolute atomic E-state index is 10.6. The van der Waals surface area contributed by atoms with Crippen LogP contribution in [0.2, 0.25) is 0 Å². The predicted molar refractivity (Wildman–Crippen MR) is 53.7 cm³/mol. The molecule has 0 saturated heterocycles. The van der Waals surface area contributed by atoms with Crippen molar-refractivity contribution in [1.29, 1.82) is 0 Å². The average Bonchev–Trinajstić information content (AvgIpc) is 2.21. The molecule has 0 amide bonds. The lowest BCUT2D eigenvalue weighted by molar-refractivity contribution is -0.142. The quantitative estimate of drug-likeness (QED) is 0.337. The van der Waals surface area contributed by atoms with Crippen molar-refractivity contribution in [3.63, 3.8) is 0 Å². The lowest BCUT2D eigenvalue weighted by atomic mass is 10.5. The number of rotatable bonds is 9. The molecule has 0 fully saturated rings. The van der Waals surface area contributed by atoms with Crippen LogP contribution in [0.5, 0.6) is 0 Å². The Labute approximate surface area is 93.6 Å². The van der Waals surface area contributed by atoms with Crippen LogP contribution in [0.1, 0.15) is 12.8 Å². The molecule has 0 aliphatic rings. The largest absolute Gasteiger partial charge is 0.469 e. The summed E-state index contributed by atoms with van der Waals surface area (Å²) in [4.78, 5) is 20.9. The van der Waals surface area contributed by atoms with Gasteiger partial charge in [-0.2, -0.15) is 0 Å². The van der Waals surface area contributed by atoms with Crippen LogP contribution in [0.15, 0.2) is 0 Å².